The van der Waals surface area contributed by atoms with Gasteiger partial charge in [0, 0.05) is 13.1 Å². The summed E-state index contributed by atoms with van der Waals surface area (Å²) in [5, 5.41) is 4.54. The Kier molecular flexibility index (Phi) is 5.01. The first-order chi connectivity index (χ1) is 14.7. The van der Waals surface area contributed by atoms with Crippen LogP contribution in [0.3, 0.4) is 0 Å². The topological polar surface area (TPSA) is 66.8 Å². The molecule has 0 spiro atoms. The zero-order valence-electron chi connectivity index (χ0n) is 16.5. The molecule has 0 bridgehead atoms. The molecule has 0 aliphatic carbocycles. The Labute approximate surface area is 179 Å². The summed E-state index contributed by atoms with van der Waals surface area (Å²) in [6, 6.07) is 18.2. The highest BCUT2D eigenvalue weighted by Crippen LogP contribution is 2.28. The number of benzene rings is 2. The summed E-state index contributed by atoms with van der Waals surface area (Å²) in [6.45, 7) is 1.74. The molecule has 0 unspecified atom stereocenters. The van der Waals surface area contributed by atoms with Gasteiger partial charge in [-0.05, 0) is 42.9 Å². The van der Waals surface area contributed by atoms with Gasteiger partial charge < -0.3 is 9.88 Å². The summed E-state index contributed by atoms with van der Waals surface area (Å²) in [7, 11) is 0. The molecule has 1 saturated heterocycles. The van der Waals surface area contributed by atoms with E-state index in [2.05, 4.69) is 50.3 Å². The molecular weight excluding hydrogens is 398 g/mol. The Morgan fingerprint density at radius 1 is 1.03 bits per heavy atom. The van der Waals surface area contributed by atoms with Crippen molar-refractivity contribution in [1.82, 2.24) is 19.7 Å². The SMILES string of the molecule is O=c1c(Cl)c(N2CCC(Cc3ccccc3)CC2)cnn1-c1nc2ccccc2[nH]1. The maximum absolute atomic E-state index is 12.9. The summed E-state index contributed by atoms with van der Waals surface area (Å²) in [6.07, 6.45) is 4.90. The van der Waals surface area contributed by atoms with Crippen molar-refractivity contribution in [3.8, 4) is 5.95 Å². The van der Waals surface area contributed by atoms with Crippen molar-refractivity contribution in [3.05, 3.63) is 81.7 Å². The number of para-hydroxylation sites is 2. The van der Waals surface area contributed by atoms with Gasteiger partial charge in [-0.3, -0.25) is 4.79 Å². The third-order valence-corrected chi connectivity index (χ3v) is 6.16. The molecule has 1 fully saturated rings. The first kappa shape index (κ1) is 18.9. The van der Waals surface area contributed by atoms with Crippen LogP contribution in [0.5, 0.6) is 0 Å². The molecule has 1 aliphatic heterocycles. The fourth-order valence-electron chi connectivity index (χ4n) is 4.16. The van der Waals surface area contributed by atoms with E-state index in [1.165, 1.54) is 10.2 Å². The van der Waals surface area contributed by atoms with Crippen LogP contribution in [0.1, 0.15) is 18.4 Å². The number of nitrogens with zero attached hydrogens (tertiary/aromatic N) is 4. The fourth-order valence-corrected chi connectivity index (χ4v) is 4.41. The van der Waals surface area contributed by atoms with E-state index in [1.54, 1.807) is 6.20 Å². The lowest BCUT2D eigenvalue weighted by molar-refractivity contribution is 0.403. The molecule has 30 heavy (non-hydrogen) atoms. The van der Waals surface area contributed by atoms with Crippen molar-refractivity contribution in [3.63, 3.8) is 0 Å². The van der Waals surface area contributed by atoms with Crippen molar-refractivity contribution in [2.24, 2.45) is 5.92 Å². The van der Waals surface area contributed by atoms with E-state index in [1.807, 2.05) is 24.3 Å². The van der Waals surface area contributed by atoms with Crippen molar-refractivity contribution in [2.75, 3.05) is 18.0 Å². The van der Waals surface area contributed by atoms with Crippen molar-refractivity contribution < 1.29 is 0 Å². The Hall–Kier alpha value is -3.12. The van der Waals surface area contributed by atoms with Crippen LogP contribution in [0.4, 0.5) is 5.69 Å². The van der Waals surface area contributed by atoms with Crippen molar-refractivity contribution in [1.29, 1.82) is 0 Å². The van der Waals surface area contributed by atoms with Gasteiger partial charge in [-0.2, -0.15) is 9.78 Å². The smallest absolute Gasteiger partial charge is 0.295 e. The molecule has 0 amide bonds. The molecule has 0 saturated carbocycles. The van der Waals surface area contributed by atoms with Gasteiger partial charge in [0.05, 0.1) is 22.9 Å². The predicted octanol–water partition coefficient (Wildman–Crippen LogP) is 4.22. The van der Waals surface area contributed by atoms with Crippen molar-refractivity contribution >= 4 is 28.3 Å². The Balaban J connectivity index is 1.33. The second-order valence-corrected chi connectivity index (χ2v) is 8.14. The van der Waals surface area contributed by atoms with Crippen LogP contribution in [-0.2, 0) is 6.42 Å². The van der Waals surface area contributed by atoms with Crippen LogP contribution in [0.2, 0.25) is 5.02 Å². The van der Waals surface area contributed by atoms with Crippen LogP contribution in [0.25, 0.3) is 17.0 Å². The van der Waals surface area contributed by atoms with Gasteiger partial charge in [0.15, 0.2) is 0 Å². The van der Waals surface area contributed by atoms with Gasteiger partial charge in [0.1, 0.15) is 5.02 Å². The minimum Gasteiger partial charge on any atom is -0.369 e. The highest BCUT2D eigenvalue weighted by Gasteiger charge is 2.23. The van der Waals surface area contributed by atoms with Gasteiger partial charge in [-0.15, -0.1) is 0 Å². The highest BCUT2D eigenvalue weighted by atomic mass is 35.5. The Morgan fingerprint density at radius 2 is 1.77 bits per heavy atom. The largest absolute Gasteiger partial charge is 0.369 e. The second kappa shape index (κ2) is 7.95. The summed E-state index contributed by atoms with van der Waals surface area (Å²) < 4.78 is 1.23. The summed E-state index contributed by atoms with van der Waals surface area (Å²) in [5.41, 5.74) is 3.35. The lowest BCUT2D eigenvalue weighted by Crippen LogP contribution is -2.36. The molecule has 6 nitrogen and oxygen atoms in total. The van der Waals surface area contributed by atoms with E-state index in [4.69, 9.17) is 11.6 Å². The number of H-pyrrole nitrogens is 1. The van der Waals surface area contributed by atoms with Crippen LogP contribution in [0.15, 0.2) is 65.6 Å². The fraction of sp³-hybridized carbons (Fsp3) is 0.261. The number of halogens is 1. The van der Waals surface area contributed by atoms with E-state index in [-0.39, 0.29) is 10.6 Å². The molecule has 1 N–H and O–H groups in total. The number of rotatable bonds is 4. The number of imidazole rings is 1. The van der Waals surface area contributed by atoms with Gasteiger partial charge in [0.25, 0.3) is 5.56 Å². The zero-order chi connectivity index (χ0) is 20.5. The van der Waals surface area contributed by atoms with Gasteiger partial charge >= 0.3 is 0 Å². The number of piperidine rings is 1. The average molecular weight is 420 g/mol. The number of nitrogens with one attached hydrogen (secondary N) is 1. The van der Waals surface area contributed by atoms with E-state index < -0.39 is 0 Å². The van der Waals surface area contributed by atoms with Crippen LogP contribution in [0, 0.1) is 5.92 Å². The molecule has 0 atom stereocenters. The number of anilines is 1. The molecule has 5 rings (SSSR count). The number of fused-ring (bicyclic) bond motifs is 1. The van der Waals surface area contributed by atoms with E-state index in [9.17, 15) is 4.79 Å². The first-order valence-corrected chi connectivity index (χ1v) is 10.6. The maximum Gasteiger partial charge on any atom is 0.295 e. The number of hydrogen-bond donors (Lipinski definition) is 1. The summed E-state index contributed by atoms with van der Waals surface area (Å²) >= 11 is 6.49. The monoisotopic (exact) mass is 419 g/mol. The normalized spacial score (nSPS) is 15.0. The molecule has 2 aromatic heterocycles. The number of hydrogen-bond acceptors (Lipinski definition) is 4. The molecule has 7 heteroatoms. The lowest BCUT2D eigenvalue weighted by atomic mass is 9.90. The third-order valence-electron chi connectivity index (χ3n) is 5.80. The van der Waals surface area contributed by atoms with E-state index in [0.717, 1.165) is 43.4 Å². The van der Waals surface area contributed by atoms with Gasteiger partial charge in [-0.1, -0.05) is 54.1 Å². The lowest BCUT2D eigenvalue weighted by Gasteiger charge is -2.33. The molecular formula is C23H22ClN5O. The minimum absolute atomic E-state index is 0.187. The molecule has 1 aliphatic rings. The quantitative estimate of drug-likeness (QED) is 0.537. The molecule has 152 valence electrons. The molecule has 3 heterocycles. The van der Waals surface area contributed by atoms with Crippen LogP contribution in [-0.4, -0.2) is 32.8 Å². The maximum atomic E-state index is 12.9. The standard InChI is InChI=1S/C23H22ClN5O/c24-21-20(28-12-10-17(11-13-28)14-16-6-2-1-3-7-16)15-25-29(22(21)30)23-26-18-8-4-5-9-19(18)27-23/h1-9,15,17H,10-14H2,(H,26,27). The van der Waals surface area contributed by atoms with Crippen molar-refractivity contribution in [2.45, 2.75) is 19.3 Å². The molecule has 4 aromatic rings. The van der Waals surface area contributed by atoms with Crippen LogP contribution >= 0.6 is 11.6 Å². The van der Waals surface area contributed by atoms with E-state index in [0.29, 0.717) is 17.6 Å². The van der Waals surface area contributed by atoms with Crippen LogP contribution < -0.4 is 10.5 Å². The van der Waals surface area contributed by atoms with E-state index >= 15 is 0 Å². The summed E-state index contributed by atoms with van der Waals surface area (Å²) in [5.74, 6) is 1.02. The summed E-state index contributed by atoms with van der Waals surface area (Å²) in [4.78, 5) is 22.6. The second-order valence-electron chi connectivity index (χ2n) is 7.76. The number of aromatic nitrogens is 4. The molecule has 0 radical (unpaired) electrons. The van der Waals surface area contributed by atoms with Gasteiger partial charge in [0.2, 0.25) is 5.95 Å². The number of aromatic amines is 1. The zero-order valence-corrected chi connectivity index (χ0v) is 17.2. The first-order valence-electron chi connectivity index (χ1n) is 10.2. The predicted molar refractivity (Wildman–Crippen MR) is 120 cm³/mol. The van der Waals surface area contributed by atoms with Gasteiger partial charge in [-0.25, -0.2) is 4.98 Å². The Morgan fingerprint density at radius 3 is 2.53 bits per heavy atom. The molecule has 2 aromatic carbocycles. The highest BCUT2D eigenvalue weighted by molar-refractivity contribution is 6.33. The Bertz CT molecular complexity index is 1190. The minimum atomic E-state index is -0.361. The average Bonchev–Trinajstić information content (AvgIpc) is 3.21. The third kappa shape index (κ3) is 3.59.